The Bertz CT molecular complexity index is 983. The lowest BCUT2D eigenvalue weighted by molar-refractivity contribution is -0.120. The van der Waals surface area contributed by atoms with Crippen LogP contribution in [0, 0.1) is 6.92 Å². The van der Waals surface area contributed by atoms with Gasteiger partial charge in [0, 0.05) is 18.7 Å². The smallest absolute Gasteiger partial charge is 0.251 e. The Hall–Kier alpha value is -3.61. The number of hydrogen-bond donors (Lipinski definition) is 2. The van der Waals surface area contributed by atoms with E-state index < -0.39 is 0 Å². The van der Waals surface area contributed by atoms with E-state index in [2.05, 4.69) is 15.6 Å². The van der Waals surface area contributed by atoms with Crippen LogP contribution >= 0.6 is 0 Å². The summed E-state index contributed by atoms with van der Waals surface area (Å²) in [5, 5.41) is 5.54. The van der Waals surface area contributed by atoms with Crippen LogP contribution in [0.25, 0.3) is 11.5 Å². The first-order chi connectivity index (χ1) is 14.1. The van der Waals surface area contributed by atoms with Gasteiger partial charge in [-0.25, -0.2) is 4.98 Å². The summed E-state index contributed by atoms with van der Waals surface area (Å²) >= 11 is 0. The quantitative estimate of drug-likeness (QED) is 0.574. The van der Waals surface area contributed by atoms with Crippen molar-refractivity contribution in [3.63, 3.8) is 0 Å². The first kappa shape index (κ1) is 20.1. The molecule has 0 spiro atoms. The molecule has 0 aliphatic heterocycles. The monoisotopic (exact) mass is 393 g/mol. The summed E-state index contributed by atoms with van der Waals surface area (Å²) in [5.74, 6) is 1.28. The summed E-state index contributed by atoms with van der Waals surface area (Å²) in [6.07, 6.45) is 0.0944. The first-order valence-corrected chi connectivity index (χ1v) is 9.28. The van der Waals surface area contributed by atoms with Gasteiger partial charge in [0.25, 0.3) is 5.91 Å². The predicted molar refractivity (Wildman–Crippen MR) is 109 cm³/mol. The zero-order valence-corrected chi connectivity index (χ0v) is 16.4. The van der Waals surface area contributed by atoms with Gasteiger partial charge < -0.3 is 19.8 Å². The van der Waals surface area contributed by atoms with Crippen LogP contribution in [0.1, 0.15) is 21.8 Å². The Morgan fingerprint density at radius 1 is 1.00 bits per heavy atom. The molecular weight excluding hydrogens is 370 g/mol. The number of methoxy groups -OCH3 is 1. The molecule has 2 amide bonds. The number of ether oxygens (including phenoxy) is 1. The standard InChI is InChI=1S/C22H23N3O4/c1-15-18(25-22(29-15)17-10-6-7-11-19(17)28-2)14-20(26)23-12-13-24-21(27)16-8-4-3-5-9-16/h3-11H,12-14H2,1-2H3,(H,23,26)(H,24,27). The minimum atomic E-state index is -0.193. The molecule has 150 valence electrons. The first-order valence-electron chi connectivity index (χ1n) is 9.28. The van der Waals surface area contributed by atoms with E-state index in [1.165, 1.54) is 0 Å². The highest BCUT2D eigenvalue weighted by Gasteiger charge is 2.17. The molecule has 0 fully saturated rings. The molecule has 0 aliphatic carbocycles. The number of rotatable bonds is 8. The molecule has 0 saturated carbocycles. The molecule has 0 atom stereocenters. The van der Waals surface area contributed by atoms with Crippen LogP contribution in [0.3, 0.4) is 0 Å². The second kappa shape index (κ2) is 9.54. The number of para-hydroxylation sites is 1. The number of benzene rings is 2. The maximum Gasteiger partial charge on any atom is 0.251 e. The van der Waals surface area contributed by atoms with Gasteiger partial charge in [-0.3, -0.25) is 9.59 Å². The van der Waals surface area contributed by atoms with Crippen molar-refractivity contribution in [3.8, 4) is 17.2 Å². The van der Waals surface area contributed by atoms with Crippen molar-refractivity contribution in [3.05, 3.63) is 71.6 Å². The van der Waals surface area contributed by atoms with E-state index in [0.717, 1.165) is 5.56 Å². The predicted octanol–water partition coefficient (Wildman–Crippen LogP) is 2.75. The maximum absolute atomic E-state index is 12.2. The highest BCUT2D eigenvalue weighted by molar-refractivity contribution is 5.94. The van der Waals surface area contributed by atoms with Crippen molar-refractivity contribution < 1.29 is 18.7 Å². The summed E-state index contributed by atoms with van der Waals surface area (Å²) in [4.78, 5) is 28.6. The van der Waals surface area contributed by atoms with E-state index in [4.69, 9.17) is 9.15 Å². The van der Waals surface area contributed by atoms with Gasteiger partial charge in [0.15, 0.2) is 0 Å². The number of nitrogens with one attached hydrogen (secondary N) is 2. The molecule has 0 radical (unpaired) electrons. The minimum Gasteiger partial charge on any atom is -0.496 e. The number of aryl methyl sites for hydroxylation is 1. The number of aromatic nitrogens is 1. The number of nitrogens with zero attached hydrogens (tertiary/aromatic N) is 1. The van der Waals surface area contributed by atoms with Gasteiger partial charge in [-0.15, -0.1) is 0 Å². The summed E-state index contributed by atoms with van der Waals surface area (Å²) in [6.45, 7) is 2.44. The van der Waals surface area contributed by atoms with Crippen LogP contribution < -0.4 is 15.4 Å². The normalized spacial score (nSPS) is 10.4. The molecule has 0 bridgehead atoms. The lowest BCUT2D eigenvalue weighted by atomic mass is 10.2. The van der Waals surface area contributed by atoms with Crippen LogP contribution in [0.4, 0.5) is 0 Å². The zero-order valence-electron chi connectivity index (χ0n) is 16.4. The van der Waals surface area contributed by atoms with Crippen LogP contribution in [-0.4, -0.2) is 37.0 Å². The summed E-state index contributed by atoms with van der Waals surface area (Å²) in [7, 11) is 1.58. The van der Waals surface area contributed by atoms with E-state index >= 15 is 0 Å². The average Bonchev–Trinajstić information content (AvgIpc) is 3.11. The third-order valence-corrected chi connectivity index (χ3v) is 4.33. The lowest BCUT2D eigenvalue weighted by Gasteiger charge is -2.06. The molecule has 3 aromatic rings. The van der Waals surface area contributed by atoms with E-state index in [1.54, 1.807) is 38.3 Å². The highest BCUT2D eigenvalue weighted by Crippen LogP contribution is 2.30. The number of hydrogen-bond acceptors (Lipinski definition) is 5. The Morgan fingerprint density at radius 2 is 1.69 bits per heavy atom. The van der Waals surface area contributed by atoms with Crippen molar-refractivity contribution in [2.45, 2.75) is 13.3 Å². The highest BCUT2D eigenvalue weighted by atomic mass is 16.5. The molecule has 29 heavy (non-hydrogen) atoms. The fourth-order valence-electron chi connectivity index (χ4n) is 2.81. The zero-order chi connectivity index (χ0) is 20.6. The molecule has 0 saturated heterocycles. The van der Waals surface area contributed by atoms with Crippen molar-refractivity contribution in [1.82, 2.24) is 15.6 Å². The topological polar surface area (TPSA) is 93.5 Å². The molecule has 2 aromatic carbocycles. The second-order valence-electron chi connectivity index (χ2n) is 6.37. The Balaban J connectivity index is 1.51. The largest absolute Gasteiger partial charge is 0.496 e. The lowest BCUT2D eigenvalue weighted by Crippen LogP contribution is -2.35. The van der Waals surface area contributed by atoms with Crippen LogP contribution in [0.15, 0.2) is 59.0 Å². The van der Waals surface area contributed by atoms with E-state index in [0.29, 0.717) is 41.7 Å². The number of carbonyl (C=O) groups excluding carboxylic acids is 2. The van der Waals surface area contributed by atoms with Crippen LogP contribution in [0.5, 0.6) is 5.75 Å². The van der Waals surface area contributed by atoms with Crippen molar-refractivity contribution in [2.75, 3.05) is 20.2 Å². The van der Waals surface area contributed by atoms with E-state index in [-0.39, 0.29) is 18.2 Å². The number of amides is 2. The third-order valence-electron chi connectivity index (χ3n) is 4.33. The van der Waals surface area contributed by atoms with Crippen molar-refractivity contribution >= 4 is 11.8 Å². The summed E-state index contributed by atoms with van der Waals surface area (Å²) < 4.78 is 11.1. The molecule has 7 nitrogen and oxygen atoms in total. The molecule has 0 aliphatic rings. The SMILES string of the molecule is COc1ccccc1-c1nc(CC(=O)NCCNC(=O)c2ccccc2)c(C)o1. The van der Waals surface area contributed by atoms with Crippen molar-refractivity contribution in [1.29, 1.82) is 0 Å². The fraction of sp³-hybridized carbons (Fsp3) is 0.227. The molecule has 2 N–H and O–H groups in total. The summed E-state index contributed by atoms with van der Waals surface area (Å²) in [6, 6.07) is 16.3. The second-order valence-corrected chi connectivity index (χ2v) is 6.37. The molecule has 0 unspecified atom stereocenters. The van der Waals surface area contributed by atoms with Gasteiger partial charge in [0.1, 0.15) is 11.5 Å². The van der Waals surface area contributed by atoms with Crippen LogP contribution in [-0.2, 0) is 11.2 Å². The Morgan fingerprint density at radius 3 is 2.45 bits per heavy atom. The molecule has 1 aromatic heterocycles. The Kier molecular flexibility index (Phi) is 6.63. The average molecular weight is 393 g/mol. The minimum absolute atomic E-state index is 0.0944. The third kappa shape index (κ3) is 5.22. The number of carbonyl (C=O) groups is 2. The molecule has 7 heteroatoms. The van der Waals surface area contributed by atoms with Gasteiger partial charge in [0.2, 0.25) is 11.8 Å². The van der Waals surface area contributed by atoms with Gasteiger partial charge >= 0.3 is 0 Å². The maximum atomic E-state index is 12.2. The summed E-state index contributed by atoms with van der Waals surface area (Å²) in [5.41, 5.74) is 1.88. The molecule has 1 heterocycles. The van der Waals surface area contributed by atoms with Gasteiger partial charge in [-0.1, -0.05) is 30.3 Å². The van der Waals surface area contributed by atoms with Gasteiger partial charge in [-0.2, -0.15) is 0 Å². The molecule has 3 rings (SSSR count). The van der Waals surface area contributed by atoms with Gasteiger partial charge in [-0.05, 0) is 31.2 Å². The number of oxazole rings is 1. The van der Waals surface area contributed by atoms with Crippen molar-refractivity contribution in [2.24, 2.45) is 0 Å². The Labute approximate surface area is 169 Å². The van der Waals surface area contributed by atoms with Crippen LogP contribution in [0.2, 0.25) is 0 Å². The fourth-order valence-corrected chi connectivity index (χ4v) is 2.81. The van der Waals surface area contributed by atoms with Gasteiger partial charge in [0.05, 0.1) is 24.8 Å². The van der Waals surface area contributed by atoms with E-state index in [9.17, 15) is 9.59 Å². The molecular formula is C22H23N3O4. The van der Waals surface area contributed by atoms with E-state index in [1.807, 2.05) is 30.3 Å².